The van der Waals surface area contributed by atoms with Gasteiger partial charge in [0.05, 0.1) is 17.6 Å². The summed E-state index contributed by atoms with van der Waals surface area (Å²) in [6.45, 7) is 11.1. The summed E-state index contributed by atoms with van der Waals surface area (Å²) in [5.41, 5.74) is 4.28. The Kier molecular flexibility index (Phi) is 6.40. The van der Waals surface area contributed by atoms with Crippen molar-refractivity contribution in [3.05, 3.63) is 59.7 Å². The van der Waals surface area contributed by atoms with Crippen molar-refractivity contribution in [1.82, 2.24) is 14.9 Å². The zero-order valence-electron chi connectivity index (χ0n) is 19.6. The summed E-state index contributed by atoms with van der Waals surface area (Å²) in [4.78, 5) is 19.5. The second-order valence-corrected chi connectivity index (χ2v) is 9.75. The molecule has 1 saturated heterocycles. The summed E-state index contributed by atoms with van der Waals surface area (Å²) < 4.78 is 7.73. The molecule has 1 aromatic heterocycles. The predicted octanol–water partition coefficient (Wildman–Crippen LogP) is 5.13. The number of para-hydroxylation sites is 2. The van der Waals surface area contributed by atoms with E-state index < -0.39 is 5.60 Å². The molecule has 170 valence electrons. The zero-order chi connectivity index (χ0) is 22.7. The lowest BCUT2D eigenvalue weighted by molar-refractivity contribution is 0.0517. The van der Waals surface area contributed by atoms with E-state index in [-0.39, 0.29) is 6.09 Å². The van der Waals surface area contributed by atoms with E-state index in [4.69, 9.17) is 9.72 Å². The van der Waals surface area contributed by atoms with Crippen molar-refractivity contribution in [3.63, 3.8) is 0 Å². The Hall–Kier alpha value is -3.02. The van der Waals surface area contributed by atoms with Gasteiger partial charge in [0, 0.05) is 19.6 Å². The lowest BCUT2D eigenvalue weighted by atomic mass is 9.98. The average molecular weight is 435 g/mol. The average Bonchev–Trinajstić information content (AvgIpc) is 3.11. The largest absolute Gasteiger partial charge is 0.444 e. The van der Waals surface area contributed by atoms with Crippen LogP contribution in [-0.2, 0) is 11.3 Å². The topological polar surface area (TPSA) is 59.4 Å². The minimum absolute atomic E-state index is 0.346. The fourth-order valence-electron chi connectivity index (χ4n) is 4.37. The molecule has 3 aromatic rings. The highest BCUT2D eigenvalue weighted by atomic mass is 16.6. The number of fused-ring (bicyclic) bond motifs is 1. The van der Waals surface area contributed by atoms with Crippen LogP contribution in [0.4, 0.5) is 10.7 Å². The predicted molar refractivity (Wildman–Crippen MR) is 129 cm³/mol. The molecule has 6 heteroatoms. The van der Waals surface area contributed by atoms with Crippen LogP contribution in [0, 0.1) is 12.8 Å². The molecule has 1 fully saturated rings. The maximum absolute atomic E-state index is 12.1. The number of carbonyl (C=O) groups excluding carboxylic acids is 1. The first-order valence-electron chi connectivity index (χ1n) is 11.5. The van der Waals surface area contributed by atoms with Gasteiger partial charge in [0.15, 0.2) is 0 Å². The number of benzene rings is 2. The number of aromatic nitrogens is 2. The van der Waals surface area contributed by atoms with Crippen LogP contribution >= 0.6 is 0 Å². The molecule has 2 heterocycles. The Morgan fingerprint density at radius 2 is 1.91 bits per heavy atom. The second-order valence-electron chi connectivity index (χ2n) is 9.75. The maximum atomic E-state index is 12.1. The van der Waals surface area contributed by atoms with Gasteiger partial charge in [-0.3, -0.25) is 0 Å². The molecule has 4 rings (SSSR count). The van der Waals surface area contributed by atoms with Gasteiger partial charge in [-0.1, -0.05) is 36.4 Å². The summed E-state index contributed by atoms with van der Waals surface area (Å²) in [6, 6.07) is 16.9. The van der Waals surface area contributed by atoms with Gasteiger partial charge >= 0.3 is 6.09 Å². The van der Waals surface area contributed by atoms with Crippen LogP contribution in [0.5, 0.6) is 0 Å². The number of amides is 1. The Balaban J connectivity index is 1.53. The summed E-state index contributed by atoms with van der Waals surface area (Å²) in [5.74, 6) is 1.37. The Bertz CT molecular complexity index is 1080. The number of nitrogens with one attached hydrogen (secondary N) is 1. The van der Waals surface area contributed by atoms with E-state index in [1.807, 2.05) is 26.8 Å². The molecule has 1 aliphatic rings. The molecule has 0 radical (unpaired) electrons. The molecule has 6 nitrogen and oxygen atoms in total. The van der Waals surface area contributed by atoms with Crippen LogP contribution in [0.15, 0.2) is 48.5 Å². The van der Waals surface area contributed by atoms with E-state index in [2.05, 4.69) is 64.2 Å². The van der Waals surface area contributed by atoms with E-state index in [1.165, 1.54) is 11.1 Å². The van der Waals surface area contributed by atoms with Crippen LogP contribution in [-0.4, -0.2) is 40.9 Å². The standard InChI is InChI=1S/C26H34N4O2/c1-19-10-5-6-12-21(19)18-30-23-14-8-7-13-22(23)28-24(30)29-15-9-11-20(17-29)16-27-25(31)32-26(2,3)4/h5-8,10,12-14,20H,9,11,15-18H2,1-4H3,(H,27,31). The minimum atomic E-state index is -0.483. The first kappa shape index (κ1) is 22.2. The van der Waals surface area contributed by atoms with Gasteiger partial charge in [0.2, 0.25) is 5.95 Å². The number of piperidine rings is 1. The molecule has 1 atom stereocenters. The van der Waals surface area contributed by atoms with Gasteiger partial charge in [-0.25, -0.2) is 9.78 Å². The summed E-state index contributed by atoms with van der Waals surface area (Å²) >= 11 is 0. The highest BCUT2D eigenvalue weighted by Crippen LogP contribution is 2.28. The van der Waals surface area contributed by atoms with Crippen molar-refractivity contribution in [3.8, 4) is 0 Å². The molecule has 2 aromatic carbocycles. The van der Waals surface area contributed by atoms with E-state index in [0.717, 1.165) is 49.5 Å². The molecule has 0 bridgehead atoms. The smallest absolute Gasteiger partial charge is 0.407 e. The molecule has 32 heavy (non-hydrogen) atoms. The molecule has 0 aliphatic carbocycles. The fraction of sp³-hybridized carbons (Fsp3) is 0.462. The van der Waals surface area contributed by atoms with Gasteiger partial charge in [-0.05, 0) is 69.7 Å². The normalized spacial score (nSPS) is 16.9. The van der Waals surface area contributed by atoms with E-state index >= 15 is 0 Å². The zero-order valence-corrected chi connectivity index (χ0v) is 19.6. The van der Waals surface area contributed by atoms with Gasteiger partial charge in [0.25, 0.3) is 0 Å². The second kappa shape index (κ2) is 9.23. The quantitative estimate of drug-likeness (QED) is 0.604. The Labute approximate surface area is 190 Å². The number of hydrogen-bond acceptors (Lipinski definition) is 4. The lowest BCUT2D eigenvalue weighted by Gasteiger charge is -2.34. The summed E-state index contributed by atoms with van der Waals surface area (Å²) in [5, 5.41) is 2.95. The third kappa shape index (κ3) is 5.23. The molecule has 1 aliphatic heterocycles. The van der Waals surface area contributed by atoms with Crippen molar-refractivity contribution >= 4 is 23.1 Å². The number of ether oxygens (including phenoxy) is 1. The number of aryl methyl sites for hydroxylation is 1. The molecule has 1 amide bonds. The fourth-order valence-corrected chi connectivity index (χ4v) is 4.37. The molecule has 0 saturated carbocycles. The maximum Gasteiger partial charge on any atom is 0.407 e. The first-order chi connectivity index (χ1) is 15.3. The van der Waals surface area contributed by atoms with Crippen molar-refractivity contribution in [2.24, 2.45) is 5.92 Å². The van der Waals surface area contributed by atoms with Gasteiger partial charge in [-0.15, -0.1) is 0 Å². The number of alkyl carbamates (subject to hydrolysis) is 1. The van der Waals surface area contributed by atoms with Crippen LogP contribution in [0.2, 0.25) is 0 Å². The van der Waals surface area contributed by atoms with Crippen LogP contribution in [0.1, 0.15) is 44.7 Å². The van der Waals surface area contributed by atoms with Crippen LogP contribution in [0.25, 0.3) is 11.0 Å². The number of hydrogen-bond donors (Lipinski definition) is 1. The number of anilines is 1. The minimum Gasteiger partial charge on any atom is -0.444 e. The highest BCUT2D eigenvalue weighted by Gasteiger charge is 2.26. The Morgan fingerprint density at radius 1 is 1.16 bits per heavy atom. The number of nitrogens with zero attached hydrogens (tertiary/aromatic N) is 3. The number of carbonyl (C=O) groups is 1. The monoisotopic (exact) mass is 434 g/mol. The van der Waals surface area contributed by atoms with Crippen LogP contribution < -0.4 is 10.2 Å². The molecule has 0 spiro atoms. The molecule has 1 unspecified atom stereocenters. The highest BCUT2D eigenvalue weighted by molar-refractivity contribution is 5.79. The third-order valence-electron chi connectivity index (χ3n) is 5.96. The SMILES string of the molecule is Cc1ccccc1Cn1c(N2CCCC(CNC(=O)OC(C)(C)C)C2)nc2ccccc21. The molecular weight excluding hydrogens is 400 g/mol. The van der Waals surface area contributed by atoms with E-state index in [9.17, 15) is 4.79 Å². The Morgan fingerprint density at radius 3 is 2.69 bits per heavy atom. The van der Waals surface area contributed by atoms with Gasteiger partial charge in [-0.2, -0.15) is 0 Å². The number of imidazole rings is 1. The van der Waals surface area contributed by atoms with Gasteiger partial charge in [0.1, 0.15) is 5.60 Å². The van der Waals surface area contributed by atoms with Crippen molar-refractivity contribution in [2.45, 2.75) is 52.7 Å². The van der Waals surface area contributed by atoms with E-state index in [1.54, 1.807) is 0 Å². The lowest BCUT2D eigenvalue weighted by Crippen LogP contribution is -2.43. The first-order valence-corrected chi connectivity index (χ1v) is 11.5. The third-order valence-corrected chi connectivity index (χ3v) is 5.96. The molecule has 1 N–H and O–H groups in total. The summed E-state index contributed by atoms with van der Waals surface area (Å²) in [6.07, 6.45) is 1.82. The van der Waals surface area contributed by atoms with E-state index in [0.29, 0.717) is 12.5 Å². The van der Waals surface area contributed by atoms with Crippen molar-refractivity contribution in [1.29, 1.82) is 0 Å². The van der Waals surface area contributed by atoms with Crippen molar-refractivity contribution in [2.75, 3.05) is 24.5 Å². The van der Waals surface area contributed by atoms with Gasteiger partial charge < -0.3 is 19.5 Å². The van der Waals surface area contributed by atoms with Crippen molar-refractivity contribution < 1.29 is 9.53 Å². The summed E-state index contributed by atoms with van der Waals surface area (Å²) in [7, 11) is 0. The molecular formula is C26H34N4O2. The van der Waals surface area contributed by atoms with Crippen LogP contribution in [0.3, 0.4) is 0 Å². The number of rotatable bonds is 5.